The first-order valence-electron chi connectivity index (χ1n) is 9.31. The molecule has 3 rings (SSSR count). The van der Waals surface area contributed by atoms with E-state index in [4.69, 9.17) is 10.5 Å². The van der Waals surface area contributed by atoms with E-state index in [0.717, 1.165) is 37.2 Å². The maximum absolute atomic E-state index is 13.0. The fourth-order valence-electron chi connectivity index (χ4n) is 3.74. The number of amides is 1. The van der Waals surface area contributed by atoms with Crippen LogP contribution in [0.3, 0.4) is 0 Å². The van der Waals surface area contributed by atoms with E-state index in [1.807, 2.05) is 18.7 Å². The fourth-order valence-corrected chi connectivity index (χ4v) is 3.74. The smallest absolute Gasteiger partial charge is 0.240 e. The van der Waals surface area contributed by atoms with Crippen LogP contribution in [-0.2, 0) is 11.3 Å². The Morgan fingerprint density at radius 2 is 1.96 bits per heavy atom. The molecule has 1 saturated heterocycles. The normalized spacial score (nSPS) is 21.6. The summed E-state index contributed by atoms with van der Waals surface area (Å²) in [6.07, 6.45) is 1.86. The molecule has 1 aromatic carbocycles. The van der Waals surface area contributed by atoms with Gasteiger partial charge in [0.15, 0.2) is 0 Å². The standard InChI is InChI=1S/C20H31N3O2/c1-14(2)18(21)19(24)23-12-16-11-15(3)5-6-17(16)25-20(13-23)7-9-22(4)10-8-20/h5-6,11,14,18H,7-10,12-13,21H2,1-4H3. The molecule has 5 nitrogen and oxygen atoms in total. The van der Waals surface area contributed by atoms with Gasteiger partial charge in [0.1, 0.15) is 11.4 Å². The minimum Gasteiger partial charge on any atom is -0.485 e. The lowest BCUT2D eigenvalue weighted by Gasteiger charge is -2.42. The first-order chi connectivity index (χ1) is 11.8. The first-order valence-corrected chi connectivity index (χ1v) is 9.31. The third kappa shape index (κ3) is 3.82. The number of likely N-dealkylation sites (tertiary alicyclic amines) is 1. The molecule has 1 unspecified atom stereocenters. The molecule has 1 spiro atoms. The van der Waals surface area contributed by atoms with Crippen LogP contribution in [0.5, 0.6) is 5.75 Å². The van der Waals surface area contributed by atoms with Crippen LogP contribution < -0.4 is 10.5 Å². The Labute approximate surface area is 151 Å². The number of carbonyl (C=O) groups excluding carboxylic acids is 1. The van der Waals surface area contributed by atoms with Crippen molar-refractivity contribution in [2.24, 2.45) is 11.7 Å². The minimum atomic E-state index is -0.463. The van der Waals surface area contributed by atoms with Gasteiger partial charge in [-0.15, -0.1) is 0 Å². The molecule has 2 heterocycles. The average molecular weight is 345 g/mol. The van der Waals surface area contributed by atoms with Gasteiger partial charge in [-0.25, -0.2) is 0 Å². The molecule has 1 fully saturated rings. The van der Waals surface area contributed by atoms with E-state index in [2.05, 4.69) is 37.1 Å². The lowest BCUT2D eigenvalue weighted by atomic mass is 9.90. The van der Waals surface area contributed by atoms with Crippen molar-refractivity contribution in [3.8, 4) is 5.75 Å². The summed E-state index contributed by atoms with van der Waals surface area (Å²) in [6.45, 7) is 9.24. The maximum Gasteiger partial charge on any atom is 0.240 e. The predicted molar refractivity (Wildman–Crippen MR) is 99.5 cm³/mol. The summed E-state index contributed by atoms with van der Waals surface area (Å²) >= 11 is 0. The molecule has 1 aromatic rings. The highest BCUT2D eigenvalue weighted by atomic mass is 16.5. The van der Waals surface area contributed by atoms with Gasteiger partial charge in [-0.05, 0) is 26.0 Å². The van der Waals surface area contributed by atoms with Crippen LogP contribution in [0.1, 0.15) is 37.8 Å². The Morgan fingerprint density at radius 3 is 2.60 bits per heavy atom. The Balaban J connectivity index is 1.94. The van der Waals surface area contributed by atoms with Gasteiger partial charge in [0.05, 0.1) is 12.6 Å². The monoisotopic (exact) mass is 345 g/mol. The second-order valence-electron chi connectivity index (χ2n) is 8.16. The lowest BCUT2D eigenvalue weighted by Crippen LogP contribution is -2.56. The largest absolute Gasteiger partial charge is 0.485 e. The van der Waals surface area contributed by atoms with E-state index < -0.39 is 6.04 Å². The molecule has 5 heteroatoms. The topological polar surface area (TPSA) is 58.8 Å². The number of rotatable bonds is 2. The zero-order chi connectivity index (χ0) is 18.2. The van der Waals surface area contributed by atoms with Crippen molar-refractivity contribution in [2.75, 3.05) is 26.7 Å². The van der Waals surface area contributed by atoms with Crippen molar-refractivity contribution in [3.05, 3.63) is 29.3 Å². The van der Waals surface area contributed by atoms with Gasteiger partial charge in [0, 0.05) is 38.0 Å². The number of hydrogen-bond acceptors (Lipinski definition) is 4. The number of fused-ring (bicyclic) bond motifs is 1. The highest BCUT2D eigenvalue weighted by molar-refractivity contribution is 5.82. The van der Waals surface area contributed by atoms with E-state index in [0.29, 0.717) is 13.1 Å². The van der Waals surface area contributed by atoms with Crippen molar-refractivity contribution in [3.63, 3.8) is 0 Å². The molecule has 0 saturated carbocycles. The van der Waals surface area contributed by atoms with Crippen LogP contribution in [0.15, 0.2) is 18.2 Å². The number of hydrogen-bond donors (Lipinski definition) is 1. The number of ether oxygens (including phenoxy) is 1. The molecule has 0 radical (unpaired) electrons. The Hall–Kier alpha value is -1.59. The highest BCUT2D eigenvalue weighted by Crippen LogP contribution is 2.36. The van der Waals surface area contributed by atoms with Crippen LogP contribution >= 0.6 is 0 Å². The Bertz CT molecular complexity index is 636. The zero-order valence-corrected chi connectivity index (χ0v) is 15.9. The molecule has 0 bridgehead atoms. The van der Waals surface area contributed by atoms with E-state index in [1.54, 1.807) is 0 Å². The summed E-state index contributed by atoms with van der Waals surface area (Å²) in [5.41, 5.74) is 8.15. The van der Waals surface area contributed by atoms with Gasteiger partial charge < -0.3 is 20.3 Å². The van der Waals surface area contributed by atoms with Gasteiger partial charge in [0.2, 0.25) is 5.91 Å². The van der Waals surface area contributed by atoms with Gasteiger partial charge in [-0.3, -0.25) is 4.79 Å². The summed E-state index contributed by atoms with van der Waals surface area (Å²) in [5.74, 6) is 1.08. The summed E-state index contributed by atoms with van der Waals surface area (Å²) in [4.78, 5) is 17.3. The molecular formula is C20H31N3O2. The van der Waals surface area contributed by atoms with Crippen molar-refractivity contribution in [1.82, 2.24) is 9.80 Å². The van der Waals surface area contributed by atoms with Gasteiger partial charge in [0.25, 0.3) is 0 Å². The number of nitrogens with two attached hydrogens (primary N) is 1. The molecule has 25 heavy (non-hydrogen) atoms. The average Bonchev–Trinajstić information content (AvgIpc) is 2.73. The van der Waals surface area contributed by atoms with Crippen molar-refractivity contribution in [2.45, 2.75) is 51.8 Å². The van der Waals surface area contributed by atoms with Gasteiger partial charge in [-0.2, -0.15) is 0 Å². The van der Waals surface area contributed by atoms with Crippen LogP contribution in [0, 0.1) is 12.8 Å². The summed E-state index contributed by atoms with van der Waals surface area (Å²) in [7, 11) is 2.14. The molecule has 0 aromatic heterocycles. The van der Waals surface area contributed by atoms with Crippen LogP contribution in [0.4, 0.5) is 0 Å². The van der Waals surface area contributed by atoms with E-state index in [9.17, 15) is 4.79 Å². The predicted octanol–water partition coefficient (Wildman–Crippen LogP) is 2.16. The number of nitrogens with zero attached hydrogens (tertiary/aromatic N) is 2. The fraction of sp³-hybridized carbons (Fsp3) is 0.650. The second kappa shape index (κ2) is 6.96. The zero-order valence-electron chi connectivity index (χ0n) is 15.9. The third-order valence-electron chi connectivity index (χ3n) is 5.60. The second-order valence-corrected chi connectivity index (χ2v) is 8.16. The Morgan fingerprint density at radius 1 is 1.28 bits per heavy atom. The van der Waals surface area contributed by atoms with Crippen LogP contribution in [0.2, 0.25) is 0 Å². The molecule has 0 aliphatic carbocycles. The molecule has 2 N–H and O–H groups in total. The molecule has 138 valence electrons. The molecule has 1 amide bonds. The Kier molecular flexibility index (Phi) is 5.07. The van der Waals surface area contributed by atoms with Crippen LogP contribution in [-0.4, -0.2) is 54.0 Å². The van der Waals surface area contributed by atoms with Crippen molar-refractivity contribution in [1.29, 1.82) is 0 Å². The van der Waals surface area contributed by atoms with Crippen molar-refractivity contribution < 1.29 is 9.53 Å². The summed E-state index contributed by atoms with van der Waals surface area (Å²) in [6, 6.07) is 5.80. The number of piperidine rings is 1. The lowest BCUT2D eigenvalue weighted by molar-refractivity contribution is -0.137. The summed E-state index contributed by atoms with van der Waals surface area (Å²) < 4.78 is 6.55. The van der Waals surface area contributed by atoms with E-state index >= 15 is 0 Å². The molecule has 2 aliphatic rings. The van der Waals surface area contributed by atoms with Gasteiger partial charge in [-0.1, -0.05) is 31.5 Å². The van der Waals surface area contributed by atoms with Gasteiger partial charge >= 0.3 is 0 Å². The highest BCUT2D eigenvalue weighted by Gasteiger charge is 2.42. The molecule has 1 atom stereocenters. The van der Waals surface area contributed by atoms with Crippen LogP contribution in [0.25, 0.3) is 0 Å². The number of benzene rings is 1. The maximum atomic E-state index is 13.0. The number of aryl methyl sites for hydroxylation is 1. The molecular weight excluding hydrogens is 314 g/mol. The quantitative estimate of drug-likeness (QED) is 0.892. The molecule has 2 aliphatic heterocycles. The SMILES string of the molecule is Cc1ccc2c(c1)CN(C(=O)C(N)C(C)C)CC1(CCN(C)CC1)O2. The minimum absolute atomic E-state index is 0.0336. The van der Waals surface area contributed by atoms with Crippen molar-refractivity contribution >= 4 is 5.91 Å². The first kappa shape index (κ1) is 18.2. The van der Waals surface area contributed by atoms with E-state index in [1.165, 1.54) is 5.56 Å². The number of carbonyl (C=O) groups is 1. The summed E-state index contributed by atoms with van der Waals surface area (Å²) in [5, 5.41) is 0. The third-order valence-corrected chi connectivity index (χ3v) is 5.60. The van der Waals surface area contributed by atoms with E-state index in [-0.39, 0.29) is 17.4 Å².